The third-order valence-electron chi connectivity index (χ3n) is 5.13. The lowest BCUT2D eigenvalue weighted by molar-refractivity contribution is -0.139. The summed E-state index contributed by atoms with van der Waals surface area (Å²) in [7, 11) is 3.13. The molecule has 0 spiro atoms. The van der Waals surface area contributed by atoms with Crippen molar-refractivity contribution in [3.8, 4) is 11.5 Å². The molecule has 2 aromatic heterocycles. The molecule has 0 aliphatic rings. The molecule has 0 saturated carbocycles. The Morgan fingerprint density at radius 1 is 1.26 bits per heavy atom. The summed E-state index contributed by atoms with van der Waals surface area (Å²) in [6, 6.07) is 3.34. The van der Waals surface area contributed by atoms with Gasteiger partial charge in [0.05, 0.1) is 18.7 Å². The molecule has 0 aliphatic carbocycles. The van der Waals surface area contributed by atoms with Gasteiger partial charge in [0.1, 0.15) is 12.4 Å². The van der Waals surface area contributed by atoms with Gasteiger partial charge >= 0.3 is 11.7 Å². The molecule has 0 unspecified atom stereocenters. The molecule has 0 radical (unpaired) electrons. The lowest BCUT2D eigenvalue weighted by atomic mass is 10.2. The van der Waals surface area contributed by atoms with Gasteiger partial charge in [0, 0.05) is 19.7 Å². The van der Waals surface area contributed by atoms with E-state index in [1.54, 1.807) is 19.2 Å². The molecule has 34 heavy (non-hydrogen) atoms. The van der Waals surface area contributed by atoms with Crippen LogP contribution >= 0.6 is 11.6 Å². The van der Waals surface area contributed by atoms with E-state index in [0.717, 1.165) is 12.8 Å². The van der Waals surface area contributed by atoms with Gasteiger partial charge in [-0.3, -0.25) is 14.3 Å². The molecule has 1 aromatic carbocycles. The van der Waals surface area contributed by atoms with E-state index < -0.39 is 17.2 Å². The zero-order valence-corrected chi connectivity index (χ0v) is 20.3. The summed E-state index contributed by atoms with van der Waals surface area (Å²) in [6.45, 7) is 4.52. The Labute approximate surface area is 200 Å². The number of halogens is 1. The largest absolute Gasteiger partial charge is 0.491 e. The van der Waals surface area contributed by atoms with Crippen LogP contribution in [0.3, 0.4) is 0 Å². The fraction of sp³-hybridized carbons (Fsp3) is 0.391. The maximum absolute atomic E-state index is 12.3. The number of methoxy groups -OCH3 is 1. The Hall–Kier alpha value is -3.53. The van der Waals surface area contributed by atoms with Crippen LogP contribution in [-0.4, -0.2) is 38.8 Å². The first-order valence-corrected chi connectivity index (χ1v) is 11.2. The number of ether oxygens (including phenoxy) is 3. The summed E-state index contributed by atoms with van der Waals surface area (Å²) >= 11 is 6.23. The van der Waals surface area contributed by atoms with Crippen molar-refractivity contribution >= 4 is 34.8 Å². The molecule has 2 heterocycles. The van der Waals surface area contributed by atoms with Crippen molar-refractivity contribution < 1.29 is 19.0 Å². The van der Waals surface area contributed by atoms with Crippen molar-refractivity contribution in [3.05, 3.63) is 55.5 Å². The van der Waals surface area contributed by atoms with Crippen LogP contribution in [0, 0.1) is 0 Å². The van der Waals surface area contributed by atoms with Gasteiger partial charge in [0.2, 0.25) is 0 Å². The highest BCUT2D eigenvalue weighted by Gasteiger charge is 2.17. The normalized spacial score (nSPS) is 11.3. The molecule has 3 rings (SSSR count). The fourth-order valence-corrected chi connectivity index (χ4v) is 3.73. The fourth-order valence-electron chi connectivity index (χ4n) is 3.44. The number of nitrogens with one attached hydrogen (secondary N) is 1. The molecule has 10 nitrogen and oxygen atoms in total. The van der Waals surface area contributed by atoms with Gasteiger partial charge in [0.15, 0.2) is 22.7 Å². The van der Waals surface area contributed by atoms with Gasteiger partial charge < -0.3 is 18.8 Å². The number of benzene rings is 1. The number of H-pyrrole nitrogens is 1. The van der Waals surface area contributed by atoms with Crippen LogP contribution in [-0.2, 0) is 29.7 Å². The van der Waals surface area contributed by atoms with Gasteiger partial charge in [-0.2, -0.15) is 0 Å². The van der Waals surface area contributed by atoms with Crippen LogP contribution in [0.15, 0.2) is 27.8 Å². The van der Waals surface area contributed by atoms with Crippen LogP contribution < -0.4 is 20.7 Å². The summed E-state index contributed by atoms with van der Waals surface area (Å²) in [5.74, 6) is 0.598. The average molecular weight is 491 g/mol. The summed E-state index contributed by atoms with van der Waals surface area (Å²) in [5, 5.41) is 0.348. The van der Waals surface area contributed by atoms with Crippen molar-refractivity contribution in [2.75, 3.05) is 13.7 Å². The van der Waals surface area contributed by atoms with Crippen LogP contribution in [0.4, 0.5) is 0 Å². The van der Waals surface area contributed by atoms with Crippen molar-refractivity contribution in [2.24, 2.45) is 7.05 Å². The topological polar surface area (TPSA) is 117 Å². The predicted molar refractivity (Wildman–Crippen MR) is 129 cm³/mol. The van der Waals surface area contributed by atoms with Crippen molar-refractivity contribution in [1.82, 2.24) is 19.1 Å². The van der Waals surface area contributed by atoms with Gasteiger partial charge in [-0.1, -0.05) is 24.9 Å². The lowest BCUT2D eigenvalue weighted by Crippen LogP contribution is -2.31. The minimum absolute atomic E-state index is 0.177. The van der Waals surface area contributed by atoms with Crippen LogP contribution in [0.1, 0.15) is 38.1 Å². The molecule has 0 saturated heterocycles. The Bertz CT molecular complexity index is 1340. The zero-order chi connectivity index (χ0) is 24.8. The highest BCUT2D eigenvalue weighted by Crippen LogP contribution is 2.36. The van der Waals surface area contributed by atoms with E-state index in [0.29, 0.717) is 41.1 Å². The zero-order valence-electron chi connectivity index (χ0n) is 19.5. The van der Waals surface area contributed by atoms with Gasteiger partial charge in [-0.05, 0) is 37.1 Å². The van der Waals surface area contributed by atoms with Gasteiger partial charge in [-0.15, -0.1) is 0 Å². The molecule has 3 aromatic rings. The summed E-state index contributed by atoms with van der Waals surface area (Å²) in [6.07, 6.45) is 4.42. The molecule has 182 valence electrons. The number of carbonyl (C=O) groups is 1. The second kappa shape index (κ2) is 11.1. The number of aryl methyl sites for hydroxylation is 2. The van der Waals surface area contributed by atoms with E-state index >= 15 is 0 Å². The van der Waals surface area contributed by atoms with E-state index in [9.17, 15) is 14.4 Å². The molecule has 0 fully saturated rings. The van der Waals surface area contributed by atoms with E-state index in [1.165, 1.54) is 28.4 Å². The quantitative estimate of drug-likeness (QED) is 0.343. The minimum atomic E-state index is -0.616. The van der Waals surface area contributed by atoms with E-state index in [-0.39, 0.29) is 17.8 Å². The Morgan fingerprint density at radius 3 is 2.71 bits per heavy atom. The number of rotatable bonds is 10. The molecule has 0 bridgehead atoms. The standard InChI is InChI=1S/C23H27ClN4O6/c1-5-7-10-28-21-19(22(30)26-23(28)31)27(3)17(25-21)13-34-18(29)9-8-14-11-15(24)20(32-4)16(12-14)33-6-2/h8-9,11-12H,5-7,10,13H2,1-4H3,(H,26,30,31)/b9-8+. The third kappa shape index (κ3) is 5.33. The number of unbranched alkanes of at least 4 members (excludes halogenated alkanes) is 1. The molecule has 1 N–H and O–H groups in total. The number of hydrogen-bond donors (Lipinski definition) is 1. The van der Waals surface area contributed by atoms with E-state index in [1.807, 2.05) is 13.8 Å². The van der Waals surface area contributed by atoms with Crippen LogP contribution in [0.2, 0.25) is 5.02 Å². The summed E-state index contributed by atoms with van der Waals surface area (Å²) in [4.78, 5) is 43.6. The SMILES string of the molecule is CCCCn1c(=O)[nH]c(=O)c2c1nc(COC(=O)/C=C/c1cc(Cl)c(OC)c(OCC)c1)n2C. The van der Waals surface area contributed by atoms with Crippen molar-refractivity contribution in [1.29, 1.82) is 0 Å². The maximum Gasteiger partial charge on any atom is 0.331 e. The Kier molecular flexibility index (Phi) is 8.17. The first-order chi connectivity index (χ1) is 16.3. The van der Waals surface area contributed by atoms with E-state index in [2.05, 4.69) is 9.97 Å². The molecule has 0 aliphatic heterocycles. The molecular formula is C23H27ClN4O6. The van der Waals surface area contributed by atoms with Crippen molar-refractivity contribution in [3.63, 3.8) is 0 Å². The number of esters is 1. The number of nitrogens with zero attached hydrogens (tertiary/aromatic N) is 3. The molecule has 11 heteroatoms. The van der Waals surface area contributed by atoms with Crippen molar-refractivity contribution in [2.45, 2.75) is 39.8 Å². The number of aromatic amines is 1. The lowest BCUT2D eigenvalue weighted by Gasteiger charge is -2.11. The first kappa shape index (κ1) is 25.1. The highest BCUT2D eigenvalue weighted by atomic mass is 35.5. The number of imidazole rings is 1. The summed E-state index contributed by atoms with van der Waals surface area (Å²) < 4.78 is 19.0. The summed E-state index contributed by atoms with van der Waals surface area (Å²) in [5.41, 5.74) is 0.0819. The monoisotopic (exact) mass is 490 g/mol. The number of hydrogen-bond acceptors (Lipinski definition) is 7. The maximum atomic E-state index is 12.3. The molecular weight excluding hydrogens is 464 g/mol. The van der Waals surface area contributed by atoms with Crippen LogP contribution in [0.25, 0.3) is 17.2 Å². The second-order valence-electron chi connectivity index (χ2n) is 7.43. The predicted octanol–water partition coefficient (Wildman–Crippen LogP) is 3.04. The Morgan fingerprint density at radius 2 is 2.03 bits per heavy atom. The highest BCUT2D eigenvalue weighted by molar-refractivity contribution is 6.32. The second-order valence-corrected chi connectivity index (χ2v) is 7.84. The number of carbonyl (C=O) groups excluding carboxylic acids is 1. The van der Waals surface area contributed by atoms with Gasteiger partial charge in [-0.25, -0.2) is 14.6 Å². The van der Waals surface area contributed by atoms with Crippen LogP contribution in [0.5, 0.6) is 11.5 Å². The van der Waals surface area contributed by atoms with Gasteiger partial charge in [0.25, 0.3) is 5.56 Å². The molecule has 0 atom stereocenters. The average Bonchev–Trinajstić information content (AvgIpc) is 3.12. The Balaban J connectivity index is 1.79. The first-order valence-electron chi connectivity index (χ1n) is 10.8. The smallest absolute Gasteiger partial charge is 0.331 e. The third-order valence-corrected chi connectivity index (χ3v) is 5.41. The molecule has 0 amide bonds. The van der Waals surface area contributed by atoms with E-state index in [4.69, 9.17) is 25.8 Å². The minimum Gasteiger partial charge on any atom is -0.491 e. The number of fused-ring (bicyclic) bond motifs is 1. The number of aromatic nitrogens is 4.